The summed E-state index contributed by atoms with van der Waals surface area (Å²) in [6.45, 7) is 13.1. The molecule has 0 aliphatic heterocycles. The van der Waals surface area contributed by atoms with Crippen LogP contribution in [0, 0.1) is 0 Å². The van der Waals surface area contributed by atoms with Crippen molar-refractivity contribution in [1.82, 2.24) is 26.6 Å². The third kappa shape index (κ3) is 27.0. The number of nitrogens with zero attached hydrogens (tertiary/aromatic N) is 1. The van der Waals surface area contributed by atoms with Gasteiger partial charge >= 0.3 is 24.5 Å². The minimum atomic E-state index is -5.19. The highest BCUT2D eigenvalue weighted by atomic mass is 19.4. The smallest absolute Gasteiger partial charge is 0.430 e. The Morgan fingerprint density at radius 2 is 1.02 bits per heavy atom. The second-order valence-electron chi connectivity index (χ2n) is 13.6. The minimum Gasteiger partial charge on any atom is -0.542 e. The number of halogens is 3. The van der Waals surface area contributed by atoms with Crippen molar-refractivity contribution in [2.24, 2.45) is 0 Å². The molecule has 0 heterocycles. The number of amides is 5. The van der Waals surface area contributed by atoms with Crippen molar-refractivity contribution in [3.63, 3.8) is 0 Å². The molecule has 0 spiro atoms. The number of aliphatic carboxylic acids is 1. The van der Waals surface area contributed by atoms with Crippen molar-refractivity contribution < 1.29 is 65.7 Å². The number of alkyl halides is 3. The molecular weight excluding hydrogens is 697 g/mol. The van der Waals surface area contributed by atoms with Gasteiger partial charge < -0.3 is 55.2 Å². The molecule has 0 saturated carbocycles. The van der Waals surface area contributed by atoms with Gasteiger partial charge in [-0.15, -0.1) is 0 Å². The number of nitrogens with one attached hydrogen (secondary N) is 5. The van der Waals surface area contributed by atoms with Crippen LogP contribution < -0.4 is 31.7 Å². The van der Waals surface area contributed by atoms with Crippen LogP contribution in [0.1, 0.15) is 59.9 Å². The van der Waals surface area contributed by atoms with Gasteiger partial charge in [0, 0.05) is 26.2 Å². The van der Waals surface area contributed by atoms with Crippen LogP contribution in [0.25, 0.3) is 0 Å². The minimum absolute atomic E-state index is 0.144. The molecule has 0 bridgehead atoms. The van der Waals surface area contributed by atoms with Crippen molar-refractivity contribution in [3.05, 3.63) is 35.9 Å². The van der Waals surface area contributed by atoms with Crippen LogP contribution in [0.3, 0.4) is 0 Å². The van der Waals surface area contributed by atoms with E-state index in [-0.39, 0.29) is 64.0 Å². The Hall–Kier alpha value is -4.81. The molecule has 0 radical (unpaired) electrons. The van der Waals surface area contributed by atoms with Gasteiger partial charge in [0.25, 0.3) is 0 Å². The van der Waals surface area contributed by atoms with E-state index < -0.39 is 41.6 Å². The molecule has 0 aliphatic carbocycles. The Morgan fingerprint density at radius 1 is 0.635 bits per heavy atom. The second-order valence-corrected chi connectivity index (χ2v) is 13.6. The van der Waals surface area contributed by atoms with Gasteiger partial charge in [0.2, 0.25) is 11.8 Å². The summed E-state index contributed by atoms with van der Waals surface area (Å²) in [5.74, 6) is -3.43. The number of quaternary nitrogens is 1. The number of hydrogen-bond donors (Lipinski definition) is 5. The summed E-state index contributed by atoms with van der Waals surface area (Å²) in [5, 5.41) is 22.2. The van der Waals surface area contributed by atoms with Gasteiger partial charge in [-0.3, -0.25) is 9.59 Å². The van der Waals surface area contributed by atoms with Gasteiger partial charge in [-0.05, 0) is 47.1 Å². The zero-order chi connectivity index (χ0) is 40.0. The third-order valence-electron chi connectivity index (χ3n) is 6.35. The van der Waals surface area contributed by atoms with Crippen LogP contribution in [0.15, 0.2) is 30.3 Å². The maximum Gasteiger partial charge on any atom is 0.430 e. The maximum atomic E-state index is 12.5. The summed E-state index contributed by atoms with van der Waals surface area (Å²) in [6, 6.07) is 9.32. The summed E-state index contributed by atoms with van der Waals surface area (Å²) in [5.41, 5.74) is -0.360. The monoisotopic (exact) mass is 750 g/mol. The van der Waals surface area contributed by atoms with Crippen molar-refractivity contribution in [1.29, 1.82) is 0 Å². The van der Waals surface area contributed by atoms with Gasteiger partial charge in [-0.25, -0.2) is 14.4 Å². The number of likely N-dealkylation sites (N-methyl/N-ethyl adjacent to an activating group) is 1. The van der Waals surface area contributed by atoms with Gasteiger partial charge in [0.05, 0.1) is 46.1 Å². The molecule has 19 heteroatoms. The summed E-state index contributed by atoms with van der Waals surface area (Å²) < 4.78 is 47.5. The van der Waals surface area contributed by atoms with E-state index in [0.717, 1.165) is 5.56 Å². The molecule has 1 aromatic rings. The predicted molar refractivity (Wildman–Crippen MR) is 180 cm³/mol. The molecule has 52 heavy (non-hydrogen) atoms. The largest absolute Gasteiger partial charge is 0.542 e. The number of hydrogen-bond acceptors (Lipinski definition) is 10. The first-order valence-corrected chi connectivity index (χ1v) is 16.4. The summed E-state index contributed by atoms with van der Waals surface area (Å²) >= 11 is 0. The number of rotatable bonds is 17. The van der Waals surface area contributed by atoms with Gasteiger partial charge in [0.1, 0.15) is 23.8 Å². The van der Waals surface area contributed by atoms with Crippen LogP contribution >= 0.6 is 0 Å². The molecule has 1 rings (SSSR count). The lowest BCUT2D eigenvalue weighted by atomic mass is 10.2. The van der Waals surface area contributed by atoms with E-state index in [2.05, 4.69) is 26.6 Å². The third-order valence-corrected chi connectivity index (χ3v) is 6.35. The number of carboxylic acid groups (broad SMARTS) is 1. The highest BCUT2D eigenvalue weighted by Crippen LogP contribution is 2.12. The molecule has 16 nitrogen and oxygen atoms in total. The van der Waals surface area contributed by atoms with Crippen LogP contribution in [0.2, 0.25) is 0 Å². The average molecular weight is 751 g/mol. The molecule has 296 valence electrons. The summed E-state index contributed by atoms with van der Waals surface area (Å²) in [7, 11) is 1.91. The van der Waals surface area contributed by atoms with E-state index in [0.29, 0.717) is 24.1 Å². The number of benzene rings is 1. The fraction of sp³-hybridized carbons (Fsp3) is 0.636. The van der Waals surface area contributed by atoms with E-state index in [1.54, 1.807) is 41.5 Å². The molecule has 5 amide bonds. The Morgan fingerprint density at radius 3 is 1.40 bits per heavy atom. The standard InChI is InChI=1S/C31H52N6O8.C2HF3O2/c1-30(2,3)44-28(41)34-17-15-32-25(38)13-20-37(7,22-19-36-27(40)43-23-24-11-9-8-10-12-24)21-14-26(39)33-16-18-35-29(42)45-31(4,5)6;3-2(4,5)1(6)7/h8-12H,13-23H2,1-7H3,(H4-,32,33,34,35,36,38,39,40,41,42);(H,6,7). The molecule has 0 fully saturated rings. The van der Waals surface area contributed by atoms with Gasteiger partial charge in [0.15, 0.2) is 0 Å². The Balaban J connectivity index is 0.00000335. The highest BCUT2D eigenvalue weighted by molar-refractivity contribution is 5.76. The number of carbonyl (C=O) groups is 6. The fourth-order valence-corrected chi connectivity index (χ4v) is 3.82. The Kier molecular flexibility index (Phi) is 20.8. The Labute approximate surface area is 302 Å². The normalized spacial score (nSPS) is 11.5. The van der Waals surface area contributed by atoms with Gasteiger partial charge in [-0.1, -0.05) is 30.3 Å². The van der Waals surface area contributed by atoms with E-state index in [9.17, 15) is 37.1 Å². The van der Waals surface area contributed by atoms with Crippen molar-refractivity contribution >= 4 is 36.1 Å². The topological polar surface area (TPSA) is 213 Å². The zero-order valence-electron chi connectivity index (χ0n) is 30.8. The molecule has 0 aliphatic rings. The van der Waals surface area contributed by atoms with E-state index >= 15 is 0 Å². The zero-order valence-corrected chi connectivity index (χ0v) is 30.8. The lowest BCUT2D eigenvalue weighted by molar-refractivity contribution is -0.907. The molecule has 0 atom stereocenters. The van der Waals surface area contributed by atoms with Crippen LogP contribution in [0.4, 0.5) is 27.6 Å². The van der Waals surface area contributed by atoms with Gasteiger partial charge in [-0.2, -0.15) is 13.2 Å². The van der Waals surface area contributed by atoms with E-state index in [1.165, 1.54) is 0 Å². The maximum absolute atomic E-state index is 12.5. The second kappa shape index (κ2) is 22.9. The molecule has 5 N–H and O–H groups in total. The summed E-state index contributed by atoms with van der Waals surface area (Å²) in [6.07, 6.45) is -6.54. The van der Waals surface area contributed by atoms with E-state index in [4.69, 9.17) is 24.1 Å². The molecular formula is C33H53F3N6O10. The lowest BCUT2D eigenvalue weighted by Crippen LogP contribution is -2.52. The first-order valence-electron chi connectivity index (χ1n) is 16.4. The number of ether oxygens (including phenoxy) is 3. The fourth-order valence-electron chi connectivity index (χ4n) is 3.82. The number of carboxylic acids is 1. The van der Waals surface area contributed by atoms with Crippen LogP contribution in [-0.2, 0) is 35.2 Å². The predicted octanol–water partition coefficient (Wildman–Crippen LogP) is 1.72. The van der Waals surface area contributed by atoms with Crippen molar-refractivity contribution in [3.8, 4) is 0 Å². The highest BCUT2D eigenvalue weighted by Gasteiger charge is 2.29. The molecule has 0 saturated heterocycles. The number of carbonyl (C=O) groups excluding carboxylic acids is 6. The van der Waals surface area contributed by atoms with E-state index in [1.807, 2.05) is 37.4 Å². The number of alkyl carbamates (subject to hydrolysis) is 3. The Bertz CT molecular complexity index is 1230. The summed E-state index contributed by atoms with van der Waals surface area (Å²) in [4.78, 5) is 69.6. The van der Waals surface area contributed by atoms with Crippen LogP contribution in [0.5, 0.6) is 0 Å². The SMILES string of the molecule is CC(C)(C)OC(=O)NCCNC(=O)CC[N+](C)(CCNC(=O)OCc1ccccc1)CCC(=O)NCCNC(=O)OC(C)(C)C.O=C([O-])C(F)(F)F. The van der Waals surface area contributed by atoms with Crippen LogP contribution in [-0.4, -0.2) is 117 Å². The first-order chi connectivity index (χ1) is 23.9. The van der Waals surface area contributed by atoms with Crippen molar-refractivity contribution in [2.75, 3.05) is 59.4 Å². The quantitative estimate of drug-likeness (QED) is 0.0884. The lowest BCUT2D eigenvalue weighted by Gasteiger charge is -2.34. The van der Waals surface area contributed by atoms with Crippen molar-refractivity contribution in [2.45, 2.75) is 78.4 Å². The molecule has 0 aromatic heterocycles. The average Bonchev–Trinajstić information content (AvgIpc) is 3.01. The molecule has 0 unspecified atom stereocenters. The first kappa shape index (κ1) is 47.2. The molecule has 1 aromatic carbocycles.